The van der Waals surface area contributed by atoms with Crippen molar-refractivity contribution in [1.29, 1.82) is 0 Å². The van der Waals surface area contributed by atoms with Crippen molar-refractivity contribution in [3.63, 3.8) is 0 Å². The highest BCUT2D eigenvalue weighted by molar-refractivity contribution is 5.32. The second-order valence-electron chi connectivity index (χ2n) is 4.43. The van der Waals surface area contributed by atoms with E-state index in [4.69, 9.17) is 0 Å². The van der Waals surface area contributed by atoms with Crippen LogP contribution in [0.5, 0.6) is 0 Å². The summed E-state index contributed by atoms with van der Waals surface area (Å²) in [6.45, 7) is 4.18. The molecular formula is C14H19N3O. The van der Waals surface area contributed by atoms with Gasteiger partial charge in [0.1, 0.15) is 6.10 Å². The highest BCUT2D eigenvalue weighted by Gasteiger charge is 2.22. The standard InChI is InChI=1S/C14H19N3O/c1-3-11(4-2)14(18)13-10-15-16-17(13)12-8-6-5-7-9-12/h5-11,14,18H,3-4H2,1-2H3. The molecule has 1 N–H and O–H groups in total. The van der Waals surface area contributed by atoms with Gasteiger partial charge in [0.15, 0.2) is 0 Å². The van der Waals surface area contributed by atoms with Crippen molar-refractivity contribution in [1.82, 2.24) is 15.0 Å². The number of para-hydroxylation sites is 1. The minimum atomic E-state index is -0.518. The Labute approximate surface area is 107 Å². The number of hydrogen-bond acceptors (Lipinski definition) is 3. The molecule has 0 aliphatic carbocycles. The van der Waals surface area contributed by atoms with Crippen LogP contribution < -0.4 is 0 Å². The van der Waals surface area contributed by atoms with Crippen LogP contribution in [-0.2, 0) is 0 Å². The molecule has 0 fully saturated rings. The maximum atomic E-state index is 10.4. The van der Waals surface area contributed by atoms with E-state index in [0.717, 1.165) is 24.2 Å². The van der Waals surface area contributed by atoms with E-state index in [-0.39, 0.29) is 5.92 Å². The fourth-order valence-corrected chi connectivity index (χ4v) is 2.19. The monoisotopic (exact) mass is 245 g/mol. The van der Waals surface area contributed by atoms with Crippen molar-refractivity contribution in [3.8, 4) is 5.69 Å². The molecule has 1 aromatic heterocycles. The van der Waals surface area contributed by atoms with Crippen LogP contribution in [0.4, 0.5) is 0 Å². The fraction of sp³-hybridized carbons (Fsp3) is 0.429. The van der Waals surface area contributed by atoms with E-state index in [9.17, 15) is 5.11 Å². The van der Waals surface area contributed by atoms with Gasteiger partial charge in [0.25, 0.3) is 0 Å². The molecule has 0 amide bonds. The van der Waals surface area contributed by atoms with Crippen molar-refractivity contribution in [2.24, 2.45) is 5.92 Å². The van der Waals surface area contributed by atoms with E-state index >= 15 is 0 Å². The lowest BCUT2D eigenvalue weighted by Crippen LogP contribution is -2.15. The van der Waals surface area contributed by atoms with Gasteiger partial charge in [0.05, 0.1) is 17.6 Å². The van der Waals surface area contributed by atoms with Crippen molar-refractivity contribution in [2.75, 3.05) is 0 Å². The quantitative estimate of drug-likeness (QED) is 0.881. The Morgan fingerprint density at radius 2 is 1.83 bits per heavy atom. The lowest BCUT2D eigenvalue weighted by molar-refractivity contribution is 0.0967. The summed E-state index contributed by atoms with van der Waals surface area (Å²) in [7, 11) is 0. The van der Waals surface area contributed by atoms with Crippen LogP contribution >= 0.6 is 0 Å². The first-order valence-electron chi connectivity index (χ1n) is 6.42. The number of rotatable bonds is 5. The molecule has 96 valence electrons. The zero-order valence-electron chi connectivity index (χ0n) is 10.8. The highest BCUT2D eigenvalue weighted by atomic mass is 16.3. The zero-order valence-corrected chi connectivity index (χ0v) is 10.8. The zero-order chi connectivity index (χ0) is 13.0. The van der Waals surface area contributed by atoms with Gasteiger partial charge in [0.2, 0.25) is 0 Å². The van der Waals surface area contributed by atoms with Crippen LogP contribution in [0.2, 0.25) is 0 Å². The summed E-state index contributed by atoms with van der Waals surface area (Å²) in [5, 5.41) is 18.4. The Kier molecular flexibility index (Phi) is 4.10. The molecule has 0 bridgehead atoms. The predicted molar refractivity (Wildman–Crippen MR) is 70.4 cm³/mol. The second kappa shape index (κ2) is 5.78. The number of aliphatic hydroxyl groups is 1. The van der Waals surface area contributed by atoms with E-state index in [1.807, 2.05) is 30.3 Å². The summed E-state index contributed by atoms with van der Waals surface area (Å²) >= 11 is 0. The summed E-state index contributed by atoms with van der Waals surface area (Å²) < 4.78 is 1.71. The fourth-order valence-electron chi connectivity index (χ4n) is 2.19. The Hall–Kier alpha value is -1.68. The molecule has 1 heterocycles. The molecule has 0 saturated heterocycles. The van der Waals surface area contributed by atoms with Crippen LogP contribution in [0.1, 0.15) is 38.5 Å². The normalized spacial score (nSPS) is 12.9. The van der Waals surface area contributed by atoms with E-state index in [2.05, 4.69) is 24.2 Å². The summed E-state index contributed by atoms with van der Waals surface area (Å²) in [4.78, 5) is 0. The molecule has 0 spiro atoms. The minimum Gasteiger partial charge on any atom is -0.386 e. The predicted octanol–water partition coefficient (Wildman–Crippen LogP) is 2.74. The number of benzene rings is 1. The third-order valence-corrected chi connectivity index (χ3v) is 3.37. The lowest BCUT2D eigenvalue weighted by Gasteiger charge is -2.20. The van der Waals surface area contributed by atoms with Gasteiger partial charge >= 0.3 is 0 Å². The molecule has 18 heavy (non-hydrogen) atoms. The van der Waals surface area contributed by atoms with Crippen LogP contribution in [0.15, 0.2) is 36.5 Å². The van der Waals surface area contributed by atoms with E-state index < -0.39 is 6.10 Å². The molecule has 0 aliphatic rings. The van der Waals surface area contributed by atoms with Crippen molar-refractivity contribution < 1.29 is 5.11 Å². The van der Waals surface area contributed by atoms with E-state index in [1.165, 1.54) is 0 Å². The molecule has 1 aromatic carbocycles. The first kappa shape index (κ1) is 12.8. The van der Waals surface area contributed by atoms with Crippen LogP contribution in [-0.4, -0.2) is 20.1 Å². The smallest absolute Gasteiger partial charge is 0.100 e. The maximum absolute atomic E-state index is 10.4. The number of nitrogens with zero attached hydrogens (tertiary/aromatic N) is 3. The Morgan fingerprint density at radius 1 is 1.17 bits per heavy atom. The van der Waals surface area contributed by atoms with E-state index in [1.54, 1.807) is 10.9 Å². The van der Waals surface area contributed by atoms with Gasteiger partial charge in [-0.3, -0.25) is 0 Å². The van der Waals surface area contributed by atoms with Crippen molar-refractivity contribution in [3.05, 3.63) is 42.2 Å². The van der Waals surface area contributed by atoms with Crippen LogP contribution in [0.3, 0.4) is 0 Å². The third kappa shape index (κ3) is 2.43. The molecule has 2 rings (SSSR count). The van der Waals surface area contributed by atoms with Gasteiger partial charge in [-0.05, 0) is 18.1 Å². The second-order valence-corrected chi connectivity index (χ2v) is 4.43. The summed E-state index contributed by atoms with van der Waals surface area (Å²) in [5.41, 5.74) is 1.69. The van der Waals surface area contributed by atoms with Gasteiger partial charge in [-0.25, -0.2) is 4.68 Å². The molecule has 4 heteroatoms. The first-order valence-corrected chi connectivity index (χ1v) is 6.42. The van der Waals surface area contributed by atoms with Crippen molar-refractivity contribution >= 4 is 0 Å². The summed E-state index contributed by atoms with van der Waals surface area (Å²) in [6.07, 6.45) is 3.01. The van der Waals surface area contributed by atoms with Gasteiger partial charge in [-0.1, -0.05) is 50.1 Å². The largest absolute Gasteiger partial charge is 0.386 e. The van der Waals surface area contributed by atoms with Gasteiger partial charge in [0, 0.05) is 0 Å². The molecule has 2 aromatic rings. The molecule has 0 radical (unpaired) electrons. The highest BCUT2D eigenvalue weighted by Crippen LogP contribution is 2.27. The van der Waals surface area contributed by atoms with Gasteiger partial charge < -0.3 is 5.11 Å². The SMILES string of the molecule is CCC(CC)C(O)c1cnnn1-c1ccccc1. The van der Waals surface area contributed by atoms with Gasteiger partial charge in [-0.2, -0.15) is 0 Å². The Bertz CT molecular complexity index is 477. The molecule has 4 nitrogen and oxygen atoms in total. The average molecular weight is 245 g/mol. The Balaban J connectivity index is 2.33. The summed E-state index contributed by atoms with van der Waals surface area (Å²) in [5.74, 6) is 0.242. The van der Waals surface area contributed by atoms with Crippen molar-refractivity contribution in [2.45, 2.75) is 32.8 Å². The topological polar surface area (TPSA) is 50.9 Å². The maximum Gasteiger partial charge on any atom is 0.100 e. The van der Waals surface area contributed by atoms with Crippen LogP contribution in [0, 0.1) is 5.92 Å². The number of aromatic nitrogens is 3. The minimum absolute atomic E-state index is 0.242. The number of aliphatic hydroxyl groups excluding tert-OH is 1. The average Bonchev–Trinajstić information content (AvgIpc) is 2.90. The third-order valence-electron chi connectivity index (χ3n) is 3.37. The summed E-state index contributed by atoms with van der Waals surface area (Å²) in [6, 6.07) is 9.77. The molecule has 0 aliphatic heterocycles. The Morgan fingerprint density at radius 3 is 2.44 bits per heavy atom. The molecule has 0 saturated carbocycles. The molecule has 1 atom stereocenters. The van der Waals surface area contributed by atoms with E-state index in [0.29, 0.717) is 0 Å². The molecular weight excluding hydrogens is 226 g/mol. The number of hydrogen-bond donors (Lipinski definition) is 1. The first-order chi connectivity index (χ1) is 8.77. The lowest BCUT2D eigenvalue weighted by atomic mass is 9.94. The van der Waals surface area contributed by atoms with Gasteiger partial charge in [-0.15, -0.1) is 5.10 Å². The molecule has 1 unspecified atom stereocenters. The van der Waals surface area contributed by atoms with Crippen LogP contribution in [0.25, 0.3) is 5.69 Å².